The number of hydrogen-bond acceptors (Lipinski definition) is 3. The molecule has 0 bridgehead atoms. The Morgan fingerprint density at radius 2 is 1.79 bits per heavy atom. The first-order valence-electron chi connectivity index (χ1n) is 9.04. The van der Waals surface area contributed by atoms with Crippen molar-refractivity contribution in [2.45, 2.75) is 51.5 Å². The van der Waals surface area contributed by atoms with Gasteiger partial charge in [0.05, 0.1) is 6.54 Å². The maximum Gasteiger partial charge on any atom is 0.238 e. The molecule has 5 heteroatoms. The predicted octanol–water partition coefficient (Wildman–Crippen LogP) is 2.79. The summed E-state index contributed by atoms with van der Waals surface area (Å²) in [5, 5.41) is 6.04. The standard InChI is InChI=1S/C19H29N3O2/c1-2-3-5-10-18(23)20-17-11-13-22(14-12-17)15-19(24)21-16-8-6-4-7-9-16/h4,6-9,17H,2-3,5,10-15H2,1H3,(H,20,23)(H,21,24). The maximum atomic E-state index is 12.1. The van der Waals surface area contributed by atoms with Crippen molar-refractivity contribution in [3.8, 4) is 0 Å². The van der Waals surface area contributed by atoms with Gasteiger partial charge in [0.2, 0.25) is 11.8 Å². The van der Waals surface area contributed by atoms with E-state index in [4.69, 9.17) is 0 Å². The molecule has 1 fully saturated rings. The van der Waals surface area contributed by atoms with E-state index in [1.807, 2.05) is 30.3 Å². The molecule has 0 radical (unpaired) electrons. The highest BCUT2D eigenvalue weighted by Crippen LogP contribution is 2.12. The summed E-state index contributed by atoms with van der Waals surface area (Å²) >= 11 is 0. The highest BCUT2D eigenvalue weighted by Gasteiger charge is 2.21. The molecule has 1 aliphatic rings. The molecule has 0 spiro atoms. The molecule has 0 saturated carbocycles. The molecule has 1 saturated heterocycles. The van der Waals surface area contributed by atoms with E-state index in [0.29, 0.717) is 13.0 Å². The minimum Gasteiger partial charge on any atom is -0.353 e. The van der Waals surface area contributed by atoms with E-state index in [9.17, 15) is 9.59 Å². The van der Waals surface area contributed by atoms with Gasteiger partial charge in [0.25, 0.3) is 0 Å². The van der Waals surface area contributed by atoms with Crippen LogP contribution in [0, 0.1) is 0 Å². The second-order valence-corrected chi connectivity index (χ2v) is 6.49. The Kier molecular flexibility index (Phi) is 7.75. The zero-order chi connectivity index (χ0) is 17.2. The monoisotopic (exact) mass is 331 g/mol. The van der Waals surface area contributed by atoms with Gasteiger partial charge in [-0.3, -0.25) is 14.5 Å². The number of nitrogens with zero attached hydrogens (tertiary/aromatic N) is 1. The summed E-state index contributed by atoms with van der Waals surface area (Å²) in [6.07, 6.45) is 5.68. The Hall–Kier alpha value is -1.88. The molecule has 2 amide bonds. The predicted molar refractivity (Wildman–Crippen MR) is 96.8 cm³/mol. The minimum absolute atomic E-state index is 0.0169. The third-order valence-electron chi connectivity index (χ3n) is 4.38. The van der Waals surface area contributed by atoms with Crippen molar-refractivity contribution in [2.75, 3.05) is 25.0 Å². The molecule has 1 aromatic rings. The lowest BCUT2D eigenvalue weighted by Gasteiger charge is -2.31. The third kappa shape index (κ3) is 6.71. The molecule has 132 valence electrons. The molecule has 1 heterocycles. The van der Waals surface area contributed by atoms with Crippen molar-refractivity contribution in [1.29, 1.82) is 0 Å². The average molecular weight is 331 g/mol. The van der Waals surface area contributed by atoms with Crippen LogP contribution in [0.5, 0.6) is 0 Å². The number of piperidine rings is 1. The lowest BCUT2D eigenvalue weighted by atomic mass is 10.0. The molecule has 1 aromatic carbocycles. The Morgan fingerprint density at radius 3 is 2.46 bits per heavy atom. The van der Waals surface area contributed by atoms with E-state index in [1.54, 1.807) is 0 Å². The fourth-order valence-corrected chi connectivity index (χ4v) is 3.00. The normalized spacial score (nSPS) is 15.9. The number of amides is 2. The first kappa shape index (κ1) is 18.5. The molecule has 2 rings (SSSR count). The van der Waals surface area contributed by atoms with Gasteiger partial charge in [-0.2, -0.15) is 0 Å². The maximum absolute atomic E-state index is 12.1. The smallest absolute Gasteiger partial charge is 0.238 e. The van der Waals surface area contributed by atoms with Gasteiger partial charge in [0, 0.05) is 31.2 Å². The second kappa shape index (κ2) is 10.1. The highest BCUT2D eigenvalue weighted by molar-refractivity contribution is 5.92. The van der Waals surface area contributed by atoms with Crippen molar-refractivity contribution in [3.05, 3.63) is 30.3 Å². The van der Waals surface area contributed by atoms with Crippen molar-refractivity contribution in [1.82, 2.24) is 10.2 Å². The van der Waals surface area contributed by atoms with Crippen molar-refractivity contribution in [2.24, 2.45) is 0 Å². The SMILES string of the molecule is CCCCCC(=O)NC1CCN(CC(=O)Nc2ccccc2)CC1. The van der Waals surface area contributed by atoms with Crippen LogP contribution in [0.3, 0.4) is 0 Å². The Bertz CT molecular complexity index is 511. The lowest BCUT2D eigenvalue weighted by molar-refractivity contribution is -0.122. The molecular formula is C19H29N3O2. The molecule has 0 aromatic heterocycles. The first-order chi connectivity index (χ1) is 11.7. The van der Waals surface area contributed by atoms with Gasteiger partial charge >= 0.3 is 0 Å². The molecule has 0 unspecified atom stereocenters. The number of benzene rings is 1. The van der Waals surface area contributed by atoms with Crippen LogP contribution >= 0.6 is 0 Å². The summed E-state index contributed by atoms with van der Waals surface area (Å²) in [6, 6.07) is 9.77. The van der Waals surface area contributed by atoms with Crippen LogP contribution in [0.2, 0.25) is 0 Å². The van der Waals surface area contributed by atoms with Crippen molar-refractivity contribution >= 4 is 17.5 Å². The summed E-state index contributed by atoms with van der Waals surface area (Å²) in [5.41, 5.74) is 0.830. The van der Waals surface area contributed by atoms with Crippen LogP contribution < -0.4 is 10.6 Å². The molecule has 2 N–H and O–H groups in total. The molecule has 1 aliphatic heterocycles. The van der Waals surface area contributed by atoms with Gasteiger partial charge in [0.1, 0.15) is 0 Å². The highest BCUT2D eigenvalue weighted by atomic mass is 16.2. The fourth-order valence-electron chi connectivity index (χ4n) is 3.00. The number of nitrogens with one attached hydrogen (secondary N) is 2. The molecular weight excluding hydrogens is 302 g/mol. The van der Waals surface area contributed by atoms with E-state index in [0.717, 1.165) is 50.9 Å². The largest absolute Gasteiger partial charge is 0.353 e. The number of hydrogen-bond donors (Lipinski definition) is 2. The summed E-state index contributed by atoms with van der Waals surface area (Å²) in [4.78, 5) is 26.1. The first-order valence-corrected chi connectivity index (χ1v) is 9.04. The van der Waals surface area contributed by atoms with E-state index in [-0.39, 0.29) is 17.9 Å². The zero-order valence-electron chi connectivity index (χ0n) is 14.6. The molecule has 24 heavy (non-hydrogen) atoms. The topological polar surface area (TPSA) is 61.4 Å². The number of anilines is 1. The molecule has 5 nitrogen and oxygen atoms in total. The van der Waals surface area contributed by atoms with Gasteiger partial charge in [0.15, 0.2) is 0 Å². The average Bonchev–Trinajstić information content (AvgIpc) is 2.58. The van der Waals surface area contributed by atoms with E-state index < -0.39 is 0 Å². The number of rotatable bonds is 8. The lowest BCUT2D eigenvalue weighted by Crippen LogP contribution is -2.46. The van der Waals surface area contributed by atoms with Gasteiger partial charge in [-0.1, -0.05) is 38.0 Å². The van der Waals surface area contributed by atoms with Crippen LogP contribution in [0.25, 0.3) is 0 Å². The van der Waals surface area contributed by atoms with Crippen molar-refractivity contribution < 1.29 is 9.59 Å². The fraction of sp³-hybridized carbons (Fsp3) is 0.579. The van der Waals surface area contributed by atoms with E-state index >= 15 is 0 Å². The van der Waals surface area contributed by atoms with Crippen molar-refractivity contribution in [3.63, 3.8) is 0 Å². The molecule has 0 aliphatic carbocycles. The Labute approximate surface area is 144 Å². The minimum atomic E-state index is 0.0169. The van der Waals surface area contributed by atoms with Crippen LogP contribution in [-0.4, -0.2) is 42.4 Å². The number of carbonyl (C=O) groups is 2. The number of para-hydroxylation sites is 1. The molecule has 0 atom stereocenters. The quantitative estimate of drug-likeness (QED) is 0.720. The van der Waals surface area contributed by atoms with Crippen LogP contribution in [0.1, 0.15) is 45.4 Å². The van der Waals surface area contributed by atoms with Gasteiger partial charge in [-0.25, -0.2) is 0 Å². The van der Waals surface area contributed by atoms with Gasteiger partial charge < -0.3 is 10.6 Å². The second-order valence-electron chi connectivity index (χ2n) is 6.49. The number of likely N-dealkylation sites (tertiary alicyclic amines) is 1. The van der Waals surface area contributed by atoms with E-state index in [2.05, 4.69) is 22.5 Å². The third-order valence-corrected chi connectivity index (χ3v) is 4.38. The summed E-state index contributed by atoms with van der Waals surface area (Å²) < 4.78 is 0. The van der Waals surface area contributed by atoms with Crippen LogP contribution in [-0.2, 0) is 9.59 Å². The van der Waals surface area contributed by atoms with Gasteiger partial charge in [-0.15, -0.1) is 0 Å². The summed E-state index contributed by atoms with van der Waals surface area (Å²) in [7, 11) is 0. The number of carbonyl (C=O) groups excluding carboxylic acids is 2. The summed E-state index contributed by atoms with van der Waals surface area (Å²) in [6.45, 7) is 4.25. The van der Waals surface area contributed by atoms with Crippen LogP contribution in [0.4, 0.5) is 5.69 Å². The van der Waals surface area contributed by atoms with E-state index in [1.165, 1.54) is 0 Å². The van der Waals surface area contributed by atoms with Gasteiger partial charge in [-0.05, 0) is 31.4 Å². The zero-order valence-corrected chi connectivity index (χ0v) is 14.6. The summed E-state index contributed by atoms with van der Waals surface area (Å²) in [5.74, 6) is 0.187. The van der Waals surface area contributed by atoms with Crippen LogP contribution in [0.15, 0.2) is 30.3 Å². The Balaban J connectivity index is 1.63. The Morgan fingerprint density at radius 1 is 1.08 bits per heavy atom. The number of unbranched alkanes of at least 4 members (excludes halogenated alkanes) is 2.